The minimum absolute atomic E-state index is 0.0754. The normalized spacial score (nSPS) is 47.5. The van der Waals surface area contributed by atoms with Gasteiger partial charge in [-0.3, -0.25) is 9.59 Å². The highest BCUT2D eigenvalue weighted by molar-refractivity contribution is 5.87. The Bertz CT molecular complexity index is 653. The number of ketones is 1. The van der Waals surface area contributed by atoms with Crippen LogP contribution >= 0.6 is 0 Å². The third-order valence-electron chi connectivity index (χ3n) is 8.35. The summed E-state index contributed by atoms with van der Waals surface area (Å²) >= 11 is 0. The summed E-state index contributed by atoms with van der Waals surface area (Å²) < 4.78 is 5.92. The first kappa shape index (κ1) is 18.2. The fourth-order valence-corrected chi connectivity index (χ4v) is 6.72. The SMILES string of the molecule is CCC(=O)O[C@H]1C=C2C[C@@H](O)CC[C@]2(C)[C@H]2CC[C@]3(C)C(=O)CC[C@H]3[C@H]12. The van der Waals surface area contributed by atoms with Crippen LogP contribution in [-0.4, -0.2) is 29.1 Å². The molecule has 0 unspecified atom stereocenters. The van der Waals surface area contributed by atoms with Crippen LogP contribution in [-0.2, 0) is 14.3 Å². The van der Waals surface area contributed by atoms with E-state index in [0.717, 1.165) is 32.1 Å². The Morgan fingerprint density at radius 1 is 1.19 bits per heavy atom. The Labute approximate surface area is 156 Å². The van der Waals surface area contributed by atoms with Gasteiger partial charge in [-0.2, -0.15) is 0 Å². The van der Waals surface area contributed by atoms with Crippen LogP contribution in [0.2, 0.25) is 0 Å². The molecule has 0 aliphatic heterocycles. The van der Waals surface area contributed by atoms with Crippen molar-refractivity contribution in [1.82, 2.24) is 0 Å². The highest BCUT2D eigenvalue weighted by atomic mass is 16.5. The zero-order valence-corrected chi connectivity index (χ0v) is 16.3. The molecule has 0 aromatic heterocycles. The summed E-state index contributed by atoms with van der Waals surface area (Å²) in [6.45, 7) is 6.32. The quantitative estimate of drug-likeness (QED) is 0.601. The number of carbonyl (C=O) groups is 2. The molecule has 4 aliphatic rings. The molecule has 26 heavy (non-hydrogen) atoms. The summed E-state index contributed by atoms with van der Waals surface area (Å²) in [6, 6.07) is 0. The molecule has 7 atom stereocenters. The Kier molecular flexibility index (Phi) is 4.33. The van der Waals surface area contributed by atoms with Crippen molar-refractivity contribution in [2.24, 2.45) is 28.6 Å². The molecule has 0 aromatic rings. The summed E-state index contributed by atoms with van der Waals surface area (Å²) in [7, 11) is 0. The predicted molar refractivity (Wildman–Crippen MR) is 98.3 cm³/mol. The lowest BCUT2D eigenvalue weighted by molar-refractivity contribution is -0.160. The molecule has 0 saturated heterocycles. The van der Waals surface area contributed by atoms with Crippen molar-refractivity contribution in [1.29, 1.82) is 0 Å². The number of ether oxygens (including phenoxy) is 1. The highest BCUT2D eigenvalue weighted by Gasteiger charge is 2.61. The molecular weight excluding hydrogens is 328 g/mol. The highest BCUT2D eigenvalue weighted by Crippen LogP contribution is 2.64. The maximum Gasteiger partial charge on any atom is 0.306 e. The van der Waals surface area contributed by atoms with Crippen LogP contribution < -0.4 is 0 Å². The molecule has 0 amide bonds. The molecule has 4 aliphatic carbocycles. The number of esters is 1. The zero-order valence-electron chi connectivity index (χ0n) is 16.3. The Balaban J connectivity index is 1.76. The number of hydrogen-bond donors (Lipinski definition) is 1. The molecule has 0 bridgehead atoms. The lowest BCUT2D eigenvalue weighted by Gasteiger charge is -2.58. The van der Waals surface area contributed by atoms with Gasteiger partial charge < -0.3 is 9.84 Å². The standard InChI is InChI=1S/C22H32O4/c1-4-19(25)26-17-12-13-11-14(23)7-9-21(13,2)16-8-10-22(3)15(20(16)17)5-6-18(22)24/h12,14-17,20,23H,4-11H2,1-3H3/t14-,15-,16-,17-,20-,21-,22-/m0/s1. The van der Waals surface area contributed by atoms with E-state index >= 15 is 0 Å². The van der Waals surface area contributed by atoms with Gasteiger partial charge in [0.25, 0.3) is 0 Å². The monoisotopic (exact) mass is 360 g/mol. The van der Waals surface area contributed by atoms with Gasteiger partial charge in [0.05, 0.1) is 6.10 Å². The lowest BCUT2D eigenvalue weighted by atomic mass is 9.47. The summed E-state index contributed by atoms with van der Waals surface area (Å²) in [5, 5.41) is 10.2. The van der Waals surface area contributed by atoms with E-state index < -0.39 is 0 Å². The molecule has 4 heteroatoms. The molecular formula is C22H32O4. The van der Waals surface area contributed by atoms with Crippen molar-refractivity contribution >= 4 is 11.8 Å². The van der Waals surface area contributed by atoms with Crippen molar-refractivity contribution in [2.75, 3.05) is 0 Å². The number of aliphatic hydroxyl groups is 1. The molecule has 0 heterocycles. The van der Waals surface area contributed by atoms with Crippen LogP contribution in [0, 0.1) is 28.6 Å². The Morgan fingerprint density at radius 3 is 2.62 bits per heavy atom. The van der Waals surface area contributed by atoms with Gasteiger partial charge in [0.1, 0.15) is 11.9 Å². The zero-order chi connectivity index (χ0) is 18.7. The topological polar surface area (TPSA) is 63.6 Å². The first-order valence-corrected chi connectivity index (χ1v) is 10.4. The predicted octanol–water partition coefficient (Wildman–Crippen LogP) is 3.81. The van der Waals surface area contributed by atoms with Crippen LogP contribution in [0.15, 0.2) is 11.6 Å². The minimum atomic E-state index is -0.282. The number of Topliss-reactive ketones (excluding diaryl/α,β-unsaturated/α-hetero) is 1. The Morgan fingerprint density at radius 2 is 1.88 bits per heavy atom. The van der Waals surface area contributed by atoms with Gasteiger partial charge in [0.15, 0.2) is 0 Å². The lowest BCUT2D eigenvalue weighted by Crippen LogP contribution is -2.55. The molecule has 3 saturated carbocycles. The van der Waals surface area contributed by atoms with E-state index in [1.54, 1.807) is 0 Å². The number of aliphatic hydroxyl groups excluding tert-OH is 1. The molecule has 0 radical (unpaired) electrons. The molecule has 144 valence electrons. The summed E-state index contributed by atoms with van der Waals surface area (Å²) in [5.41, 5.74) is 1.11. The van der Waals surface area contributed by atoms with Crippen LogP contribution in [0.3, 0.4) is 0 Å². The van der Waals surface area contributed by atoms with Crippen molar-refractivity contribution in [3.05, 3.63) is 11.6 Å². The third kappa shape index (κ3) is 2.51. The van der Waals surface area contributed by atoms with Crippen molar-refractivity contribution in [2.45, 2.75) is 84.3 Å². The van der Waals surface area contributed by atoms with Crippen LogP contribution in [0.4, 0.5) is 0 Å². The second-order valence-corrected chi connectivity index (χ2v) is 9.52. The second kappa shape index (κ2) is 6.19. The number of rotatable bonds is 2. The number of carbonyl (C=O) groups excluding carboxylic acids is 2. The molecule has 0 aromatic carbocycles. The van der Waals surface area contributed by atoms with Gasteiger partial charge in [-0.15, -0.1) is 0 Å². The average Bonchev–Trinajstić information content (AvgIpc) is 2.91. The van der Waals surface area contributed by atoms with Gasteiger partial charge in [0.2, 0.25) is 0 Å². The smallest absolute Gasteiger partial charge is 0.306 e. The van der Waals surface area contributed by atoms with E-state index in [1.807, 2.05) is 6.92 Å². The second-order valence-electron chi connectivity index (χ2n) is 9.52. The van der Waals surface area contributed by atoms with Crippen molar-refractivity contribution in [3.8, 4) is 0 Å². The van der Waals surface area contributed by atoms with E-state index in [2.05, 4.69) is 19.9 Å². The fourth-order valence-electron chi connectivity index (χ4n) is 6.72. The van der Waals surface area contributed by atoms with Gasteiger partial charge in [0, 0.05) is 24.2 Å². The minimum Gasteiger partial charge on any atom is -0.458 e. The maximum atomic E-state index is 12.6. The van der Waals surface area contributed by atoms with Crippen LogP contribution in [0.25, 0.3) is 0 Å². The van der Waals surface area contributed by atoms with E-state index in [1.165, 1.54) is 5.57 Å². The van der Waals surface area contributed by atoms with Crippen LogP contribution in [0.1, 0.15) is 72.1 Å². The summed E-state index contributed by atoms with van der Waals surface area (Å²) in [5.74, 6) is 1.22. The van der Waals surface area contributed by atoms with Gasteiger partial charge in [-0.25, -0.2) is 0 Å². The largest absolute Gasteiger partial charge is 0.458 e. The molecule has 3 fully saturated rings. The van der Waals surface area contributed by atoms with Gasteiger partial charge >= 0.3 is 5.97 Å². The summed E-state index contributed by atoms with van der Waals surface area (Å²) in [4.78, 5) is 24.8. The first-order chi connectivity index (χ1) is 12.3. The first-order valence-electron chi connectivity index (χ1n) is 10.4. The molecule has 4 nitrogen and oxygen atoms in total. The van der Waals surface area contributed by atoms with E-state index in [-0.39, 0.29) is 34.9 Å². The van der Waals surface area contributed by atoms with Gasteiger partial charge in [-0.05, 0) is 61.9 Å². The number of fused-ring (bicyclic) bond motifs is 5. The van der Waals surface area contributed by atoms with Crippen molar-refractivity contribution < 1.29 is 19.4 Å². The fraction of sp³-hybridized carbons (Fsp3) is 0.818. The van der Waals surface area contributed by atoms with Gasteiger partial charge in [-0.1, -0.05) is 26.3 Å². The van der Waals surface area contributed by atoms with E-state index in [0.29, 0.717) is 36.9 Å². The Hall–Kier alpha value is -1.16. The molecule has 1 N–H and O–H groups in total. The summed E-state index contributed by atoms with van der Waals surface area (Å²) in [6.07, 6.45) is 8.12. The third-order valence-corrected chi connectivity index (χ3v) is 8.35. The average molecular weight is 360 g/mol. The maximum absolute atomic E-state index is 12.6. The van der Waals surface area contributed by atoms with E-state index in [9.17, 15) is 14.7 Å². The molecule has 4 rings (SSSR count). The molecule has 0 spiro atoms. The number of hydrogen-bond acceptors (Lipinski definition) is 4. The van der Waals surface area contributed by atoms with Crippen molar-refractivity contribution in [3.63, 3.8) is 0 Å². The van der Waals surface area contributed by atoms with E-state index in [4.69, 9.17) is 4.74 Å². The van der Waals surface area contributed by atoms with Crippen LogP contribution in [0.5, 0.6) is 0 Å².